The summed E-state index contributed by atoms with van der Waals surface area (Å²) >= 11 is 0. The number of hydrogen-bond donors (Lipinski definition) is 10. The van der Waals surface area contributed by atoms with Crippen LogP contribution in [0.25, 0.3) is 0 Å². The summed E-state index contributed by atoms with van der Waals surface area (Å²) in [6.45, 7) is -0.903. The molecule has 0 bridgehead atoms. The number of nitrogens with two attached hydrogens (primary N) is 3. The van der Waals surface area contributed by atoms with Gasteiger partial charge in [-0.05, 0) is 6.42 Å². The van der Waals surface area contributed by atoms with Crippen molar-refractivity contribution < 1.29 is 54.7 Å². The van der Waals surface area contributed by atoms with Crippen LogP contribution in [0.15, 0.2) is 0 Å². The molecule has 14 nitrogen and oxygen atoms in total. The van der Waals surface area contributed by atoms with E-state index in [9.17, 15) is 35.7 Å². The maximum atomic E-state index is 10.8. The summed E-state index contributed by atoms with van der Waals surface area (Å²) < 4.78 is 21.9. The van der Waals surface area contributed by atoms with Crippen LogP contribution < -0.4 is 17.2 Å². The molecule has 14 atom stereocenters. The second-order valence-electron chi connectivity index (χ2n) is 8.29. The highest BCUT2D eigenvalue weighted by Crippen LogP contribution is 2.30. The van der Waals surface area contributed by atoms with Crippen LogP contribution >= 0.6 is 0 Å². The monoisotopic (exact) mass is 455 g/mol. The molecule has 0 aromatic rings. The first-order chi connectivity index (χ1) is 14.6. The van der Waals surface area contributed by atoms with Crippen molar-refractivity contribution in [1.29, 1.82) is 0 Å². The van der Waals surface area contributed by atoms with Crippen LogP contribution in [0.3, 0.4) is 0 Å². The smallest absolute Gasteiger partial charge is 0.186 e. The van der Waals surface area contributed by atoms with Crippen molar-refractivity contribution in [3.05, 3.63) is 0 Å². The standard InChI is InChI=1S/C17H33N3O11/c18-4-1-5(19)15(31-17-12(26)9(23)6(22)3-28-17)13(27)14(4)30-16-8(20)11(25)10(24)7(2-21)29-16/h4-17,21-27H,1-3,18-20H2/t4-,5+,6+,7+,8+,9-,10+,11+,12+,13-,14+,15-,16+,17+/m0/s1. The Hall–Kier alpha value is -0.560. The lowest BCUT2D eigenvalue weighted by atomic mass is 9.84. The predicted molar refractivity (Wildman–Crippen MR) is 99.8 cm³/mol. The van der Waals surface area contributed by atoms with Gasteiger partial charge in [-0.1, -0.05) is 0 Å². The molecule has 0 aromatic carbocycles. The highest BCUT2D eigenvalue weighted by Gasteiger charge is 2.50. The summed E-state index contributed by atoms with van der Waals surface area (Å²) in [6, 6.07) is -2.78. The molecule has 2 aliphatic heterocycles. The van der Waals surface area contributed by atoms with Crippen LogP contribution in [0.5, 0.6) is 0 Å². The van der Waals surface area contributed by atoms with E-state index in [-0.39, 0.29) is 13.0 Å². The first-order valence-electron chi connectivity index (χ1n) is 10.1. The third kappa shape index (κ3) is 5.02. The minimum absolute atomic E-state index is 0.122. The van der Waals surface area contributed by atoms with Crippen LogP contribution in [-0.2, 0) is 18.9 Å². The summed E-state index contributed by atoms with van der Waals surface area (Å²) in [5, 5.41) is 69.6. The Bertz CT molecular complexity index is 590. The molecule has 0 spiro atoms. The molecule has 1 aliphatic carbocycles. The largest absolute Gasteiger partial charge is 0.394 e. The molecule has 1 saturated carbocycles. The van der Waals surface area contributed by atoms with E-state index in [2.05, 4.69) is 0 Å². The van der Waals surface area contributed by atoms with Crippen LogP contribution in [0, 0.1) is 0 Å². The van der Waals surface area contributed by atoms with Gasteiger partial charge in [0.1, 0.15) is 54.9 Å². The second kappa shape index (κ2) is 10.1. The molecule has 13 N–H and O–H groups in total. The van der Waals surface area contributed by atoms with Gasteiger partial charge < -0.3 is 71.9 Å². The summed E-state index contributed by atoms with van der Waals surface area (Å²) in [7, 11) is 0. The zero-order valence-electron chi connectivity index (χ0n) is 16.7. The average molecular weight is 455 g/mol. The third-order valence-electron chi connectivity index (χ3n) is 6.03. The van der Waals surface area contributed by atoms with Crippen LogP contribution in [0.4, 0.5) is 0 Å². The lowest BCUT2D eigenvalue weighted by Gasteiger charge is -2.47. The van der Waals surface area contributed by atoms with Crippen molar-refractivity contribution in [1.82, 2.24) is 0 Å². The summed E-state index contributed by atoms with van der Waals surface area (Å²) in [5.74, 6) is 0. The fraction of sp³-hybridized carbons (Fsp3) is 1.00. The molecule has 3 rings (SSSR count). The van der Waals surface area contributed by atoms with Gasteiger partial charge in [0.25, 0.3) is 0 Å². The Morgan fingerprint density at radius 3 is 1.90 bits per heavy atom. The average Bonchev–Trinajstić information content (AvgIpc) is 2.73. The maximum Gasteiger partial charge on any atom is 0.186 e. The lowest BCUT2D eigenvalue weighted by Crippen LogP contribution is -2.68. The van der Waals surface area contributed by atoms with Gasteiger partial charge in [-0.15, -0.1) is 0 Å². The quantitative estimate of drug-likeness (QED) is 0.185. The minimum atomic E-state index is -1.59. The van der Waals surface area contributed by atoms with Gasteiger partial charge >= 0.3 is 0 Å². The van der Waals surface area contributed by atoms with Gasteiger partial charge in [-0.3, -0.25) is 0 Å². The SMILES string of the molecule is N[C@H]1[C@@H](O[C@H]2[C@H](O)[C@@H](O[C@H]3OC[C@@H](O)[C@H](O)[C@H]3O)[C@H](N)C[C@@H]2N)O[C@H](CO)[C@@H](O)[C@@H]1O. The first kappa shape index (κ1) is 25.1. The van der Waals surface area contributed by atoms with Crippen LogP contribution in [0.2, 0.25) is 0 Å². The molecule has 31 heavy (non-hydrogen) atoms. The Kier molecular flexibility index (Phi) is 8.21. The molecule has 14 heteroatoms. The molecule has 0 radical (unpaired) electrons. The van der Waals surface area contributed by atoms with E-state index >= 15 is 0 Å². The summed E-state index contributed by atoms with van der Waals surface area (Å²) in [4.78, 5) is 0. The molecule has 0 unspecified atom stereocenters. The van der Waals surface area contributed by atoms with E-state index in [1.54, 1.807) is 0 Å². The van der Waals surface area contributed by atoms with Gasteiger partial charge in [-0.2, -0.15) is 0 Å². The number of rotatable bonds is 5. The summed E-state index contributed by atoms with van der Waals surface area (Å²) in [6.07, 6.45) is -14.7. The predicted octanol–water partition coefficient (Wildman–Crippen LogP) is -6.62. The van der Waals surface area contributed by atoms with Crippen molar-refractivity contribution in [3.8, 4) is 0 Å². The normalized spacial score (nSPS) is 54.0. The van der Waals surface area contributed by atoms with E-state index in [0.29, 0.717) is 0 Å². The van der Waals surface area contributed by atoms with Gasteiger partial charge in [0.05, 0.1) is 19.3 Å². The van der Waals surface area contributed by atoms with Crippen molar-refractivity contribution in [2.75, 3.05) is 13.2 Å². The second-order valence-corrected chi connectivity index (χ2v) is 8.29. The van der Waals surface area contributed by atoms with Crippen molar-refractivity contribution in [2.45, 2.75) is 92.1 Å². The molecule has 0 aromatic heterocycles. The minimum Gasteiger partial charge on any atom is -0.394 e. The van der Waals surface area contributed by atoms with Crippen LogP contribution in [0.1, 0.15) is 6.42 Å². The summed E-state index contributed by atoms with van der Waals surface area (Å²) in [5.41, 5.74) is 18.0. The van der Waals surface area contributed by atoms with E-state index in [4.69, 9.17) is 36.1 Å². The Balaban J connectivity index is 1.70. The molecule has 182 valence electrons. The zero-order valence-corrected chi connectivity index (χ0v) is 16.7. The number of aliphatic hydroxyl groups is 7. The fourth-order valence-corrected chi connectivity index (χ4v) is 4.07. The third-order valence-corrected chi connectivity index (χ3v) is 6.03. The molecule has 3 aliphatic rings. The molecular weight excluding hydrogens is 422 g/mol. The van der Waals surface area contributed by atoms with Crippen LogP contribution in [-0.4, -0.2) is 135 Å². The van der Waals surface area contributed by atoms with Gasteiger partial charge in [0.2, 0.25) is 0 Å². The van der Waals surface area contributed by atoms with Gasteiger partial charge in [0, 0.05) is 12.1 Å². The van der Waals surface area contributed by atoms with E-state index < -0.39 is 92.2 Å². The Morgan fingerprint density at radius 2 is 1.32 bits per heavy atom. The van der Waals surface area contributed by atoms with E-state index in [1.165, 1.54) is 0 Å². The molecular formula is C17H33N3O11. The number of hydrogen-bond acceptors (Lipinski definition) is 14. The molecule has 2 heterocycles. The maximum absolute atomic E-state index is 10.8. The highest BCUT2D eigenvalue weighted by atomic mass is 16.7. The van der Waals surface area contributed by atoms with E-state index in [1.807, 2.05) is 0 Å². The topological polar surface area (TPSA) is 257 Å². The Labute approximate surface area is 178 Å². The van der Waals surface area contributed by atoms with Crippen molar-refractivity contribution >= 4 is 0 Å². The van der Waals surface area contributed by atoms with Gasteiger partial charge in [-0.25, -0.2) is 0 Å². The van der Waals surface area contributed by atoms with Gasteiger partial charge in [0.15, 0.2) is 12.6 Å². The first-order valence-corrected chi connectivity index (χ1v) is 10.1. The highest BCUT2D eigenvalue weighted by molar-refractivity contribution is 5.01. The van der Waals surface area contributed by atoms with E-state index in [0.717, 1.165) is 0 Å². The fourth-order valence-electron chi connectivity index (χ4n) is 4.07. The molecule has 0 amide bonds. The Morgan fingerprint density at radius 1 is 0.742 bits per heavy atom. The number of aliphatic hydroxyl groups excluding tert-OH is 7. The van der Waals surface area contributed by atoms with Crippen molar-refractivity contribution in [3.63, 3.8) is 0 Å². The molecule has 2 saturated heterocycles. The van der Waals surface area contributed by atoms with Crippen molar-refractivity contribution in [2.24, 2.45) is 17.2 Å². The number of ether oxygens (including phenoxy) is 4. The molecule has 3 fully saturated rings. The zero-order chi connectivity index (χ0) is 23.0. The lowest BCUT2D eigenvalue weighted by molar-refractivity contribution is -0.317.